The Bertz CT molecular complexity index is 735. The van der Waals surface area contributed by atoms with Crippen LogP contribution in [0.2, 0.25) is 0 Å². The number of rotatable bonds is 5. The Morgan fingerprint density at radius 2 is 2.04 bits per heavy atom. The molecule has 1 heterocycles. The van der Waals surface area contributed by atoms with Crippen LogP contribution in [0.25, 0.3) is 0 Å². The van der Waals surface area contributed by atoms with Gasteiger partial charge in [-0.25, -0.2) is 4.79 Å². The Morgan fingerprint density at radius 1 is 1.25 bits per heavy atom. The van der Waals surface area contributed by atoms with E-state index >= 15 is 0 Å². The summed E-state index contributed by atoms with van der Waals surface area (Å²) in [6.45, 7) is 4.24. The first-order chi connectivity index (χ1) is 13.0. The minimum Gasteiger partial charge on any atom is -0.445 e. The zero-order chi connectivity index (χ0) is 19.0. The largest absolute Gasteiger partial charge is 0.445 e. The molecule has 0 spiro atoms. The molecular formula is C23H30NO3Y-. The number of anilines is 1. The zero-order valence-corrected chi connectivity index (χ0v) is 19.9. The van der Waals surface area contributed by atoms with Crippen LogP contribution in [0.15, 0.2) is 12.1 Å². The molecule has 4 nitrogen and oxygen atoms in total. The summed E-state index contributed by atoms with van der Waals surface area (Å²) in [7, 11) is 0. The van der Waals surface area contributed by atoms with Crippen LogP contribution in [-0.4, -0.2) is 24.5 Å². The van der Waals surface area contributed by atoms with Crippen molar-refractivity contribution in [3.63, 3.8) is 0 Å². The summed E-state index contributed by atoms with van der Waals surface area (Å²) in [4.78, 5) is 25.1. The summed E-state index contributed by atoms with van der Waals surface area (Å²) in [6.07, 6.45) is 8.74. The third-order valence-corrected chi connectivity index (χ3v) is 6.87. The van der Waals surface area contributed by atoms with E-state index in [1.54, 1.807) is 11.8 Å². The summed E-state index contributed by atoms with van der Waals surface area (Å²) in [5, 5.41) is 0. The SMILES string of the molecule is CC(=O)CC[C@H]1CN(c2c[c-]c(C3CCC4CCCC4C3)c(C)c2)C(=O)O1.[Y]. The molecule has 149 valence electrons. The third-order valence-electron chi connectivity index (χ3n) is 6.87. The van der Waals surface area contributed by atoms with Crippen LogP contribution >= 0.6 is 0 Å². The van der Waals surface area contributed by atoms with E-state index in [0.29, 0.717) is 25.3 Å². The third kappa shape index (κ3) is 4.70. The molecule has 4 rings (SSSR count). The van der Waals surface area contributed by atoms with E-state index in [2.05, 4.69) is 19.1 Å². The maximum Gasteiger partial charge on any atom is 0.403 e. The molecule has 1 aromatic carbocycles. The Hall–Kier alpha value is -0.736. The van der Waals surface area contributed by atoms with E-state index in [-0.39, 0.29) is 50.7 Å². The van der Waals surface area contributed by atoms with Crippen molar-refractivity contribution in [2.45, 2.75) is 77.2 Å². The van der Waals surface area contributed by atoms with Crippen LogP contribution in [0.5, 0.6) is 0 Å². The van der Waals surface area contributed by atoms with Gasteiger partial charge < -0.3 is 14.4 Å². The van der Waals surface area contributed by atoms with Gasteiger partial charge in [0.2, 0.25) is 0 Å². The van der Waals surface area contributed by atoms with Crippen LogP contribution in [0.1, 0.15) is 75.3 Å². The van der Waals surface area contributed by atoms with Gasteiger partial charge >= 0.3 is 6.09 Å². The van der Waals surface area contributed by atoms with Crippen LogP contribution in [0.3, 0.4) is 0 Å². The second-order valence-electron chi connectivity index (χ2n) is 8.77. The first kappa shape index (κ1) is 22.0. The predicted octanol–water partition coefficient (Wildman–Crippen LogP) is 5.17. The molecule has 1 saturated heterocycles. The first-order valence-corrected chi connectivity index (χ1v) is 10.5. The molecule has 3 unspecified atom stereocenters. The molecule has 2 aliphatic carbocycles. The number of ketones is 1. The molecule has 0 bridgehead atoms. The standard InChI is InChI=1S/C23H30NO3.Y/c1-15-12-20(24-14-21(27-23(24)26)10-6-16(2)25)9-11-22(15)19-8-7-17-4-3-5-18(17)13-19;/h9,12,17-19,21H,3-8,10,13-14H2,1-2H3;/q-1;/t17?,18?,19?,21-;/m0./s1. The van der Waals surface area contributed by atoms with Crippen molar-refractivity contribution < 1.29 is 47.0 Å². The number of hydrogen-bond acceptors (Lipinski definition) is 3. The fourth-order valence-electron chi connectivity index (χ4n) is 5.41. The molecule has 3 aliphatic rings. The molecule has 1 radical (unpaired) electrons. The second-order valence-corrected chi connectivity index (χ2v) is 8.77. The van der Waals surface area contributed by atoms with Crippen molar-refractivity contribution in [3.8, 4) is 0 Å². The van der Waals surface area contributed by atoms with Gasteiger partial charge in [-0.3, -0.25) is 0 Å². The maximum absolute atomic E-state index is 12.3. The molecule has 5 heteroatoms. The monoisotopic (exact) mass is 457 g/mol. The van der Waals surface area contributed by atoms with E-state index in [1.165, 1.54) is 49.7 Å². The summed E-state index contributed by atoms with van der Waals surface area (Å²) in [5.41, 5.74) is 3.43. The number of benzene rings is 1. The van der Waals surface area contributed by atoms with E-state index in [0.717, 1.165) is 17.5 Å². The number of nitrogens with zero attached hydrogens (tertiary/aromatic N) is 1. The topological polar surface area (TPSA) is 46.6 Å². The fraction of sp³-hybridized carbons (Fsp3) is 0.652. The zero-order valence-electron chi connectivity index (χ0n) is 17.1. The van der Waals surface area contributed by atoms with Crippen molar-refractivity contribution in [1.29, 1.82) is 0 Å². The number of hydrogen-bond donors (Lipinski definition) is 0. The molecule has 1 amide bonds. The van der Waals surface area contributed by atoms with Gasteiger partial charge in [-0.1, -0.05) is 31.9 Å². The van der Waals surface area contributed by atoms with Gasteiger partial charge in [-0.2, -0.15) is 23.3 Å². The molecule has 0 aromatic heterocycles. The number of carbonyl (C=O) groups is 2. The van der Waals surface area contributed by atoms with Crippen LogP contribution in [0.4, 0.5) is 10.5 Å². The number of aryl methyl sites for hydroxylation is 1. The van der Waals surface area contributed by atoms with Crippen molar-refractivity contribution in [3.05, 3.63) is 29.3 Å². The molecule has 28 heavy (non-hydrogen) atoms. The van der Waals surface area contributed by atoms with Crippen molar-refractivity contribution >= 4 is 17.6 Å². The Kier molecular flexibility index (Phi) is 7.36. The van der Waals surface area contributed by atoms with Gasteiger partial charge in [-0.05, 0) is 50.4 Å². The molecule has 3 fully saturated rings. The molecule has 1 aliphatic heterocycles. The fourth-order valence-corrected chi connectivity index (χ4v) is 5.41. The molecule has 4 atom stereocenters. The number of ether oxygens (including phenoxy) is 1. The van der Waals surface area contributed by atoms with Gasteiger partial charge in [-0.15, -0.1) is 6.07 Å². The molecule has 1 aromatic rings. The molecule has 0 N–H and O–H groups in total. The first-order valence-electron chi connectivity index (χ1n) is 10.5. The summed E-state index contributed by atoms with van der Waals surface area (Å²) in [6, 6.07) is 7.58. The summed E-state index contributed by atoms with van der Waals surface area (Å²) in [5.74, 6) is 2.63. The normalized spacial score (nSPS) is 29.2. The van der Waals surface area contributed by atoms with Crippen LogP contribution in [0, 0.1) is 24.8 Å². The van der Waals surface area contributed by atoms with Gasteiger partial charge in [0.05, 0.1) is 6.54 Å². The van der Waals surface area contributed by atoms with Gasteiger partial charge in [0.1, 0.15) is 11.9 Å². The molecule has 2 saturated carbocycles. The Labute approximate surface area is 193 Å². The molecular weight excluding hydrogens is 427 g/mol. The Balaban J connectivity index is 0.00000225. The van der Waals surface area contributed by atoms with Crippen molar-refractivity contribution in [1.82, 2.24) is 0 Å². The summed E-state index contributed by atoms with van der Waals surface area (Å²) < 4.78 is 5.43. The van der Waals surface area contributed by atoms with E-state index < -0.39 is 0 Å². The number of carbonyl (C=O) groups excluding carboxylic acids is 2. The predicted molar refractivity (Wildman–Crippen MR) is 105 cm³/mol. The number of fused-ring (bicyclic) bond motifs is 1. The van der Waals surface area contributed by atoms with Crippen LogP contribution < -0.4 is 4.90 Å². The number of cyclic esters (lactones) is 1. The minimum absolute atomic E-state index is 0. The van der Waals surface area contributed by atoms with Gasteiger partial charge in [0.25, 0.3) is 0 Å². The second kappa shape index (κ2) is 9.38. The quantitative estimate of drug-likeness (QED) is 0.573. The maximum atomic E-state index is 12.3. The Morgan fingerprint density at radius 3 is 2.79 bits per heavy atom. The average Bonchev–Trinajstić information content (AvgIpc) is 3.25. The van der Waals surface area contributed by atoms with Crippen molar-refractivity contribution in [2.24, 2.45) is 11.8 Å². The summed E-state index contributed by atoms with van der Waals surface area (Å²) >= 11 is 0. The van der Waals surface area contributed by atoms with Gasteiger partial charge in [0.15, 0.2) is 0 Å². The van der Waals surface area contributed by atoms with E-state index in [9.17, 15) is 9.59 Å². The van der Waals surface area contributed by atoms with Crippen LogP contribution in [-0.2, 0) is 42.2 Å². The van der Waals surface area contributed by atoms with E-state index in [4.69, 9.17) is 4.74 Å². The van der Waals surface area contributed by atoms with E-state index in [1.807, 2.05) is 6.07 Å². The smallest absolute Gasteiger partial charge is 0.403 e. The minimum atomic E-state index is -0.310. The van der Waals surface area contributed by atoms with Gasteiger partial charge in [0, 0.05) is 39.1 Å². The van der Waals surface area contributed by atoms with Crippen molar-refractivity contribution in [2.75, 3.05) is 11.4 Å². The number of amides is 1. The number of Topliss-reactive ketones (excluding diaryl/α,β-unsaturated/α-hetero) is 1. The average molecular weight is 457 g/mol.